The first kappa shape index (κ1) is 30.4. The number of aryl methyl sites for hydroxylation is 2. The van der Waals surface area contributed by atoms with Gasteiger partial charge in [-0.1, -0.05) is 56.9 Å². The number of unbranched alkanes of at least 4 members (excludes halogenated alkanes) is 2. The summed E-state index contributed by atoms with van der Waals surface area (Å²) in [6.07, 6.45) is 10.3. The van der Waals surface area contributed by atoms with E-state index in [1.54, 1.807) is 0 Å². The smallest absolute Gasteiger partial charge is 0.303 e. The number of oxazole rings is 1. The fourth-order valence-electron chi connectivity index (χ4n) is 5.69. The summed E-state index contributed by atoms with van der Waals surface area (Å²) in [4.78, 5) is 28.9. The van der Waals surface area contributed by atoms with Crippen molar-refractivity contribution in [3.8, 4) is 17.2 Å². The van der Waals surface area contributed by atoms with E-state index in [9.17, 15) is 14.7 Å². The lowest BCUT2D eigenvalue weighted by Crippen LogP contribution is -2.33. The molecule has 0 spiro atoms. The number of rotatable bonds is 15. The molecule has 0 unspecified atom stereocenters. The Morgan fingerprint density at radius 2 is 1.80 bits per heavy atom. The van der Waals surface area contributed by atoms with Crippen LogP contribution < -0.4 is 10.1 Å². The molecule has 2 N–H and O–H groups in total. The minimum atomic E-state index is -0.839. The molecule has 0 aliphatic heterocycles. The standard InChI is InChI=1S/C34H44N2O5/c1-3-4-6-9-25-12-14-27(15-13-25)33(39)35-23-29-22-30(18-16-26(29)17-19-32(37)38)40-21-20-31-24(2)41-34(36-31)28-10-7-5-8-11-28/h5,7-8,10-11,16,18,22,25,27H,3-4,6,9,12-15,17,19-21,23H2,1-2H3,(H,35,39)(H,37,38)/t25-,27-. The minimum absolute atomic E-state index is 0.0401. The lowest BCUT2D eigenvalue weighted by Gasteiger charge is -2.28. The Morgan fingerprint density at radius 3 is 2.54 bits per heavy atom. The molecule has 1 aliphatic carbocycles. The SMILES string of the molecule is CCCCC[C@H]1CC[C@H](C(=O)NCc2cc(OCCc3nc(-c4ccccc4)oc3C)ccc2CCC(=O)O)CC1. The van der Waals surface area contributed by atoms with Crippen LogP contribution in [-0.4, -0.2) is 28.6 Å². The highest BCUT2D eigenvalue weighted by atomic mass is 16.5. The summed E-state index contributed by atoms with van der Waals surface area (Å²) in [5.41, 5.74) is 3.61. The zero-order valence-corrected chi connectivity index (χ0v) is 24.5. The Balaban J connectivity index is 1.32. The molecule has 3 aromatic rings. The van der Waals surface area contributed by atoms with Gasteiger partial charge in [-0.3, -0.25) is 9.59 Å². The van der Waals surface area contributed by atoms with Crippen LogP contribution in [0.1, 0.15) is 87.3 Å². The molecule has 0 atom stereocenters. The number of hydrogen-bond acceptors (Lipinski definition) is 5. The number of carbonyl (C=O) groups excluding carboxylic acids is 1. The Morgan fingerprint density at radius 1 is 1.02 bits per heavy atom. The fraction of sp³-hybridized carbons (Fsp3) is 0.500. The predicted molar refractivity (Wildman–Crippen MR) is 160 cm³/mol. The molecule has 4 rings (SSSR count). The Labute approximate surface area is 243 Å². The van der Waals surface area contributed by atoms with Gasteiger partial charge in [0.05, 0.1) is 12.3 Å². The van der Waals surface area contributed by atoms with E-state index >= 15 is 0 Å². The van der Waals surface area contributed by atoms with Crippen LogP contribution in [0, 0.1) is 18.8 Å². The number of nitrogens with zero attached hydrogens (tertiary/aromatic N) is 1. The van der Waals surface area contributed by atoms with Crippen molar-refractivity contribution in [1.29, 1.82) is 0 Å². The lowest BCUT2D eigenvalue weighted by molar-refractivity contribution is -0.137. The summed E-state index contributed by atoms with van der Waals surface area (Å²) >= 11 is 0. The summed E-state index contributed by atoms with van der Waals surface area (Å²) in [5.74, 6) is 2.14. The van der Waals surface area contributed by atoms with Crippen LogP contribution in [0.15, 0.2) is 52.9 Å². The van der Waals surface area contributed by atoms with Gasteiger partial charge in [-0.15, -0.1) is 0 Å². The molecular formula is C34H44N2O5. The summed E-state index contributed by atoms with van der Waals surface area (Å²) in [6.45, 7) is 4.93. The molecule has 220 valence electrons. The Hall–Kier alpha value is -3.61. The number of carboxylic acid groups (broad SMARTS) is 1. The summed E-state index contributed by atoms with van der Waals surface area (Å²) < 4.78 is 11.9. The Kier molecular flexibility index (Phi) is 11.4. The van der Waals surface area contributed by atoms with Crippen LogP contribution in [0.2, 0.25) is 0 Å². The zero-order valence-electron chi connectivity index (χ0n) is 24.5. The van der Waals surface area contributed by atoms with Crippen molar-refractivity contribution < 1.29 is 23.8 Å². The van der Waals surface area contributed by atoms with Crippen molar-refractivity contribution in [2.24, 2.45) is 11.8 Å². The molecule has 2 aromatic carbocycles. The van der Waals surface area contributed by atoms with Crippen LogP contribution in [0.25, 0.3) is 11.5 Å². The minimum Gasteiger partial charge on any atom is -0.493 e. The maximum Gasteiger partial charge on any atom is 0.303 e. The molecule has 0 radical (unpaired) electrons. The van der Waals surface area contributed by atoms with Gasteiger partial charge in [0, 0.05) is 30.9 Å². The van der Waals surface area contributed by atoms with Gasteiger partial charge in [-0.25, -0.2) is 4.98 Å². The first-order chi connectivity index (χ1) is 19.9. The average molecular weight is 561 g/mol. The van der Waals surface area contributed by atoms with Gasteiger partial charge in [0.15, 0.2) is 0 Å². The summed E-state index contributed by atoms with van der Waals surface area (Å²) in [7, 11) is 0. The lowest BCUT2D eigenvalue weighted by atomic mass is 9.79. The largest absolute Gasteiger partial charge is 0.493 e. The molecule has 1 heterocycles. The second kappa shape index (κ2) is 15.4. The molecular weight excluding hydrogens is 516 g/mol. The van der Waals surface area contributed by atoms with E-state index in [0.29, 0.717) is 37.6 Å². The van der Waals surface area contributed by atoms with E-state index < -0.39 is 5.97 Å². The normalized spacial score (nSPS) is 16.8. The second-order valence-electron chi connectivity index (χ2n) is 11.2. The number of carbonyl (C=O) groups is 2. The molecule has 1 aromatic heterocycles. The highest BCUT2D eigenvalue weighted by Gasteiger charge is 2.26. The zero-order chi connectivity index (χ0) is 29.0. The van der Waals surface area contributed by atoms with Crippen molar-refractivity contribution in [3.05, 3.63) is 71.1 Å². The van der Waals surface area contributed by atoms with Gasteiger partial charge in [-0.05, 0) is 80.3 Å². The second-order valence-corrected chi connectivity index (χ2v) is 11.2. The van der Waals surface area contributed by atoms with E-state index in [-0.39, 0.29) is 18.2 Å². The number of aliphatic carboxylic acids is 1. The van der Waals surface area contributed by atoms with Crippen molar-refractivity contribution in [2.75, 3.05) is 6.61 Å². The molecule has 1 saturated carbocycles. The fourth-order valence-corrected chi connectivity index (χ4v) is 5.69. The highest BCUT2D eigenvalue weighted by molar-refractivity contribution is 5.78. The first-order valence-electron chi connectivity index (χ1n) is 15.2. The Bertz CT molecular complexity index is 1260. The number of benzene rings is 2. The third-order valence-electron chi connectivity index (χ3n) is 8.19. The first-order valence-corrected chi connectivity index (χ1v) is 15.2. The molecule has 0 bridgehead atoms. The van der Waals surface area contributed by atoms with Crippen LogP contribution in [0.3, 0.4) is 0 Å². The van der Waals surface area contributed by atoms with Crippen molar-refractivity contribution in [2.45, 2.75) is 91.0 Å². The molecule has 1 amide bonds. The third-order valence-corrected chi connectivity index (χ3v) is 8.19. The number of hydrogen-bond donors (Lipinski definition) is 2. The number of ether oxygens (including phenoxy) is 1. The van der Waals surface area contributed by atoms with Gasteiger partial charge in [-0.2, -0.15) is 0 Å². The van der Waals surface area contributed by atoms with Gasteiger partial charge >= 0.3 is 5.97 Å². The molecule has 1 fully saturated rings. The number of nitrogens with one attached hydrogen (secondary N) is 1. The topological polar surface area (TPSA) is 102 Å². The quantitative estimate of drug-likeness (QED) is 0.189. The third kappa shape index (κ3) is 9.20. The maximum atomic E-state index is 13.0. The highest BCUT2D eigenvalue weighted by Crippen LogP contribution is 2.32. The van der Waals surface area contributed by atoms with Gasteiger partial charge in [0.25, 0.3) is 0 Å². The van der Waals surface area contributed by atoms with Crippen molar-refractivity contribution >= 4 is 11.9 Å². The van der Waals surface area contributed by atoms with E-state index in [4.69, 9.17) is 9.15 Å². The summed E-state index contributed by atoms with van der Waals surface area (Å²) in [5, 5.41) is 12.3. The number of carboxylic acids is 1. The van der Waals surface area contributed by atoms with Gasteiger partial charge < -0.3 is 19.6 Å². The van der Waals surface area contributed by atoms with E-state index in [2.05, 4.69) is 17.2 Å². The number of aromatic nitrogens is 1. The molecule has 1 aliphatic rings. The van der Waals surface area contributed by atoms with Crippen LogP contribution >= 0.6 is 0 Å². The van der Waals surface area contributed by atoms with E-state index in [1.165, 1.54) is 25.7 Å². The predicted octanol–water partition coefficient (Wildman–Crippen LogP) is 7.29. The monoisotopic (exact) mass is 560 g/mol. The molecule has 0 saturated heterocycles. The van der Waals surface area contributed by atoms with Crippen molar-refractivity contribution in [1.82, 2.24) is 10.3 Å². The average Bonchev–Trinajstić information content (AvgIpc) is 3.36. The number of amides is 1. The van der Waals surface area contributed by atoms with Gasteiger partial charge in [0.1, 0.15) is 11.5 Å². The van der Waals surface area contributed by atoms with E-state index in [1.807, 2.05) is 55.5 Å². The van der Waals surface area contributed by atoms with Crippen LogP contribution in [0.5, 0.6) is 5.75 Å². The van der Waals surface area contributed by atoms with E-state index in [0.717, 1.165) is 59.7 Å². The van der Waals surface area contributed by atoms with Crippen LogP contribution in [0.4, 0.5) is 0 Å². The van der Waals surface area contributed by atoms with Crippen molar-refractivity contribution in [3.63, 3.8) is 0 Å². The van der Waals surface area contributed by atoms with Crippen LogP contribution in [-0.2, 0) is 29.0 Å². The van der Waals surface area contributed by atoms with Gasteiger partial charge in [0.2, 0.25) is 11.8 Å². The molecule has 7 heteroatoms. The molecule has 7 nitrogen and oxygen atoms in total. The molecule has 41 heavy (non-hydrogen) atoms. The maximum absolute atomic E-state index is 13.0. The summed E-state index contributed by atoms with van der Waals surface area (Å²) in [6, 6.07) is 15.5.